The van der Waals surface area contributed by atoms with Gasteiger partial charge in [-0.2, -0.15) is 5.10 Å². The normalized spacial score (nSPS) is 14.2. The lowest BCUT2D eigenvalue weighted by molar-refractivity contribution is 0.898. The van der Waals surface area contributed by atoms with Crippen molar-refractivity contribution in [3.05, 3.63) is 28.8 Å². The van der Waals surface area contributed by atoms with Crippen LogP contribution in [0, 0.1) is 0 Å². The summed E-state index contributed by atoms with van der Waals surface area (Å²) in [5, 5.41) is 4.88. The Morgan fingerprint density at radius 3 is 3.00 bits per heavy atom. The van der Waals surface area contributed by atoms with Gasteiger partial charge in [0.25, 0.3) is 0 Å². The van der Waals surface area contributed by atoms with E-state index >= 15 is 0 Å². The van der Waals surface area contributed by atoms with Gasteiger partial charge in [-0.05, 0) is 24.6 Å². The fourth-order valence-corrected chi connectivity index (χ4v) is 1.67. The molecular weight excluding hydrogens is 226 g/mol. The molecule has 0 spiro atoms. The highest BCUT2D eigenvalue weighted by atomic mass is 35.5. The van der Waals surface area contributed by atoms with Crippen molar-refractivity contribution in [3.63, 3.8) is 0 Å². The fourth-order valence-electron chi connectivity index (χ4n) is 1.50. The van der Waals surface area contributed by atoms with Gasteiger partial charge in [-0.3, -0.25) is 5.43 Å². The van der Waals surface area contributed by atoms with E-state index in [1.165, 1.54) is 0 Å². The van der Waals surface area contributed by atoms with Crippen molar-refractivity contribution >= 4 is 29.0 Å². The Hall–Kier alpha value is -1.59. The minimum Gasteiger partial charge on any atom is -0.293 e. The number of hydrazine groups is 1. The van der Waals surface area contributed by atoms with E-state index in [9.17, 15) is 0 Å². The second-order valence-corrected chi connectivity index (χ2v) is 3.73. The minimum atomic E-state index is 0.409. The maximum Gasteiger partial charge on any atom is 0.231 e. The number of nitrogens with two attached hydrogens (primary N) is 1. The van der Waals surface area contributed by atoms with Gasteiger partial charge in [-0.1, -0.05) is 18.5 Å². The van der Waals surface area contributed by atoms with Crippen LogP contribution in [0.2, 0.25) is 5.02 Å². The van der Waals surface area contributed by atoms with Crippen molar-refractivity contribution in [2.75, 3.05) is 0 Å². The number of fused-ring (bicyclic) bond motifs is 1. The maximum atomic E-state index is 5.96. The Labute approximate surface area is 98.4 Å². The summed E-state index contributed by atoms with van der Waals surface area (Å²) >= 11 is 5.96. The molecule has 1 heterocycles. The van der Waals surface area contributed by atoms with E-state index in [0.717, 1.165) is 23.4 Å². The molecule has 0 amide bonds. The number of hydrogen-bond donors (Lipinski definition) is 3. The van der Waals surface area contributed by atoms with E-state index in [2.05, 4.69) is 20.9 Å². The number of nitrogens with zero attached hydrogens (tertiary/aromatic N) is 2. The monoisotopic (exact) mass is 237 g/mol. The summed E-state index contributed by atoms with van der Waals surface area (Å²) in [4.78, 5) is 4.29. The third-order valence-corrected chi connectivity index (χ3v) is 2.51. The second-order valence-electron chi connectivity index (χ2n) is 3.29. The molecule has 0 saturated carbocycles. The predicted octanol–water partition coefficient (Wildman–Crippen LogP) is 1.51. The van der Waals surface area contributed by atoms with Crippen LogP contribution in [0.25, 0.3) is 0 Å². The van der Waals surface area contributed by atoms with Gasteiger partial charge in [0.05, 0.1) is 11.4 Å². The van der Waals surface area contributed by atoms with Crippen LogP contribution in [-0.4, -0.2) is 11.7 Å². The average molecular weight is 238 g/mol. The summed E-state index contributed by atoms with van der Waals surface area (Å²) in [5.41, 5.74) is 7.81. The molecule has 2 rings (SSSR count). The zero-order valence-electron chi connectivity index (χ0n) is 8.79. The van der Waals surface area contributed by atoms with Crippen LogP contribution in [0.5, 0.6) is 0 Å². The summed E-state index contributed by atoms with van der Waals surface area (Å²) in [6, 6.07) is 5.48. The van der Waals surface area contributed by atoms with E-state index in [0.29, 0.717) is 11.0 Å². The molecule has 0 fully saturated rings. The summed E-state index contributed by atoms with van der Waals surface area (Å²) in [7, 11) is 0. The Morgan fingerprint density at radius 2 is 2.31 bits per heavy atom. The van der Waals surface area contributed by atoms with Crippen molar-refractivity contribution in [3.8, 4) is 0 Å². The van der Waals surface area contributed by atoms with E-state index in [1.807, 2.05) is 19.1 Å². The first kappa shape index (κ1) is 10.9. The van der Waals surface area contributed by atoms with Gasteiger partial charge >= 0.3 is 0 Å². The number of aliphatic imine (C=N–C) groups is 1. The second kappa shape index (κ2) is 4.51. The molecule has 0 bridgehead atoms. The molecule has 1 aromatic carbocycles. The van der Waals surface area contributed by atoms with Crippen molar-refractivity contribution in [2.45, 2.75) is 13.3 Å². The molecule has 4 N–H and O–H groups in total. The van der Waals surface area contributed by atoms with Crippen molar-refractivity contribution in [2.24, 2.45) is 15.9 Å². The lowest BCUT2D eigenvalue weighted by Crippen LogP contribution is -2.38. The summed E-state index contributed by atoms with van der Waals surface area (Å²) in [5.74, 6) is 5.72. The predicted molar refractivity (Wildman–Crippen MR) is 65.8 cm³/mol. The van der Waals surface area contributed by atoms with Crippen LogP contribution in [0.15, 0.2) is 28.3 Å². The topological polar surface area (TPSA) is 74.8 Å². The smallest absolute Gasteiger partial charge is 0.231 e. The number of nitrogens with one attached hydrogen (secondary N) is 2. The quantitative estimate of drug-likeness (QED) is 0.512. The first-order valence-electron chi connectivity index (χ1n) is 4.92. The molecule has 6 heteroatoms. The van der Waals surface area contributed by atoms with Gasteiger partial charge in [-0.25, -0.2) is 16.3 Å². The van der Waals surface area contributed by atoms with Gasteiger partial charge in [0.15, 0.2) is 0 Å². The Morgan fingerprint density at radius 1 is 1.50 bits per heavy atom. The molecule has 0 radical (unpaired) electrons. The molecule has 1 aromatic rings. The first-order chi connectivity index (χ1) is 7.74. The number of hydrogen-bond acceptors (Lipinski definition) is 5. The van der Waals surface area contributed by atoms with Gasteiger partial charge in [0.1, 0.15) is 0 Å². The van der Waals surface area contributed by atoms with E-state index in [-0.39, 0.29) is 0 Å². The van der Waals surface area contributed by atoms with Gasteiger partial charge in [0, 0.05) is 10.6 Å². The van der Waals surface area contributed by atoms with Gasteiger partial charge in [0.2, 0.25) is 5.96 Å². The Balaban J connectivity index is 2.57. The van der Waals surface area contributed by atoms with Crippen LogP contribution < -0.4 is 16.7 Å². The molecule has 0 aromatic heterocycles. The standard InChI is InChI=1S/C10H12ClN5/c1-2-8-7-5-6(11)3-4-9(7)13-10(14-12)16-15-8/h3-5H,2,12H2,1H3,(H2,13,14,16). The molecule has 5 nitrogen and oxygen atoms in total. The molecule has 16 heavy (non-hydrogen) atoms. The lowest BCUT2D eigenvalue weighted by atomic mass is 10.1. The number of hydrazone groups is 1. The molecule has 0 aliphatic carbocycles. The van der Waals surface area contributed by atoms with Crippen LogP contribution in [-0.2, 0) is 0 Å². The lowest BCUT2D eigenvalue weighted by Gasteiger charge is -2.04. The largest absolute Gasteiger partial charge is 0.293 e. The van der Waals surface area contributed by atoms with Crippen molar-refractivity contribution < 1.29 is 0 Å². The summed E-state index contributed by atoms with van der Waals surface area (Å²) < 4.78 is 0. The van der Waals surface area contributed by atoms with Gasteiger partial charge < -0.3 is 0 Å². The molecule has 1 aliphatic heterocycles. The van der Waals surface area contributed by atoms with E-state index in [4.69, 9.17) is 17.4 Å². The van der Waals surface area contributed by atoms with Gasteiger partial charge in [-0.15, -0.1) is 0 Å². The minimum absolute atomic E-state index is 0.409. The maximum absolute atomic E-state index is 5.96. The molecule has 84 valence electrons. The number of halogens is 1. The highest BCUT2D eigenvalue weighted by Crippen LogP contribution is 2.25. The summed E-state index contributed by atoms with van der Waals surface area (Å²) in [6.45, 7) is 2.02. The third kappa shape index (κ3) is 2.00. The number of guanidine groups is 1. The SMILES string of the molecule is CCC1=NNC(NN)=Nc2ccc(Cl)cc21. The van der Waals surface area contributed by atoms with Crippen LogP contribution >= 0.6 is 11.6 Å². The summed E-state index contributed by atoms with van der Waals surface area (Å²) in [6.07, 6.45) is 0.785. The molecule has 0 atom stereocenters. The van der Waals surface area contributed by atoms with Crippen LogP contribution in [0.4, 0.5) is 5.69 Å². The molecule has 0 unspecified atom stereocenters. The van der Waals surface area contributed by atoms with E-state index in [1.54, 1.807) is 6.07 Å². The zero-order valence-corrected chi connectivity index (χ0v) is 9.54. The fraction of sp³-hybridized carbons (Fsp3) is 0.200. The zero-order chi connectivity index (χ0) is 11.5. The highest BCUT2D eigenvalue weighted by Gasteiger charge is 2.12. The number of benzene rings is 1. The van der Waals surface area contributed by atoms with Crippen molar-refractivity contribution in [1.29, 1.82) is 0 Å². The highest BCUT2D eigenvalue weighted by molar-refractivity contribution is 6.31. The Bertz CT molecular complexity index is 466. The van der Waals surface area contributed by atoms with E-state index < -0.39 is 0 Å². The number of rotatable bonds is 1. The average Bonchev–Trinajstić information content (AvgIpc) is 2.47. The molecular formula is C10H12ClN5. The van der Waals surface area contributed by atoms with Crippen molar-refractivity contribution in [1.82, 2.24) is 10.9 Å². The van der Waals surface area contributed by atoms with Crippen LogP contribution in [0.1, 0.15) is 18.9 Å². The van der Waals surface area contributed by atoms with Crippen LogP contribution in [0.3, 0.4) is 0 Å². The molecule has 0 saturated heterocycles. The third-order valence-electron chi connectivity index (χ3n) is 2.27. The Kier molecular flexibility index (Phi) is 3.07. The first-order valence-corrected chi connectivity index (χ1v) is 5.30. The molecule has 1 aliphatic rings.